The van der Waals surface area contributed by atoms with Crippen molar-refractivity contribution in [1.29, 1.82) is 0 Å². The first kappa shape index (κ1) is 17.0. The highest BCUT2D eigenvalue weighted by molar-refractivity contribution is 7.89. The molecule has 124 valence electrons. The number of carboxylic acid groups (broad SMARTS) is 1. The zero-order valence-electron chi connectivity index (χ0n) is 12.9. The summed E-state index contributed by atoms with van der Waals surface area (Å²) in [6.07, 6.45) is 7.00. The molecule has 1 aliphatic rings. The molecule has 0 spiro atoms. The highest BCUT2D eigenvalue weighted by atomic mass is 32.2. The summed E-state index contributed by atoms with van der Waals surface area (Å²) in [6, 6.07) is -1.10. The van der Waals surface area contributed by atoms with Crippen LogP contribution in [-0.4, -0.2) is 35.1 Å². The number of nitrogens with one attached hydrogen (secondary N) is 1. The number of imidazole rings is 1. The van der Waals surface area contributed by atoms with E-state index in [1.165, 1.54) is 12.6 Å². The summed E-state index contributed by atoms with van der Waals surface area (Å²) in [4.78, 5) is 15.4. The summed E-state index contributed by atoms with van der Waals surface area (Å²) in [6.45, 7) is 1.69. The number of sulfonamides is 1. The van der Waals surface area contributed by atoms with Crippen molar-refractivity contribution in [2.75, 3.05) is 0 Å². The number of hydrogen-bond donors (Lipinski definition) is 2. The predicted molar refractivity (Wildman–Crippen MR) is 80.9 cm³/mol. The van der Waals surface area contributed by atoms with E-state index >= 15 is 0 Å². The lowest BCUT2D eigenvalue weighted by Crippen LogP contribution is -2.42. The zero-order chi connectivity index (χ0) is 16.3. The van der Waals surface area contributed by atoms with Crippen LogP contribution < -0.4 is 4.72 Å². The number of carbonyl (C=O) groups is 1. The van der Waals surface area contributed by atoms with Gasteiger partial charge in [-0.25, -0.2) is 13.4 Å². The van der Waals surface area contributed by atoms with Crippen molar-refractivity contribution in [1.82, 2.24) is 14.3 Å². The highest BCUT2D eigenvalue weighted by Gasteiger charge is 2.30. The van der Waals surface area contributed by atoms with E-state index in [1.54, 1.807) is 18.5 Å². The largest absolute Gasteiger partial charge is 0.480 e. The zero-order valence-corrected chi connectivity index (χ0v) is 13.8. The van der Waals surface area contributed by atoms with Crippen LogP contribution in [0.15, 0.2) is 11.2 Å². The summed E-state index contributed by atoms with van der Waals surface area (Å²) in [7, 11) is -2.23. The van der Waals surface area contributed by atoms with E-state index < -0.39 is 22.0 Å². The molecule has 0 aromatic carbocycles. The van der Waals surface area contributed by atoms with Gasteiger partial charge < -0.3 is 9.67 Å². The van der Waals surface area contributed by atoms with Crippen LogP contribution in [-0.2, 0) is 21.9 Å². The fourth-order valence-corrected chi connectivity index (χ4v) is 4.10. The van der Waals surface area contributed by atoms with Crippen LogP contribution in [0.1, 0.15) is 44.3 Å². The van der Waals surface area contributed by atoms with Gasteiger partial charge in [0.25, 0.3) is 10.0 Å². The molecule has 7 nitrogen and oxygen atoms in total. The normalized spacial score (nSPS) is 18.3. The number of aromatic nitrogens is 2. The minimum absolute atomic E-state index is 0.137. The molecule has 0 saturated heterocycles. The Morgan fingerprint density at radius 1 is 1.45 bits per heavy atom. The maximum Gasteiger partial charge on any atom is 0.321 e. The lowest BCUT2D eigenvalue weighted by Gasteiger charge is -2.24. The second-order valence-electron chi connectivity index (χ2n) is 5.99. The van der Waals surface area contributed by atoms with Crippen LogP contribution in [0, 0.1) is 12.8 Å². The van der Waals surface area contributed by atoms with Crippen molar-refractivity contribution in [3.63, 3.8) is 0 Å². The molecule has 1 aromatic heterocycles. The molecule has 0 aliphatic heterocycles. The molecule has 0 radical (unpaired) electrons. The van der Waals surface area contributed by atoms with Crippen molar-refractivity contribution in [2.24, 2.45) is 13.0 Å². The van der Waals surface area contributed by atoms with Crippen LogP contribution in [0.3, 0.4) is 0 Å². The Morgan fingerprint density at radius 2 is 2.09 bits per heavy atom. The van der Waals surface area contributed by atoms with Gasteiger partial charge in [0.05, 0.1) is 0 Å². The summed E-state index contributed by atoms with van der Waals surface area (Å²) < 4.78 is 28.5. The Labute approximate surface area is 130 Å². The Kier molecular flexibility index (Phi) is 5.23. The third kappa shape index (κ3) is 4.07. The van der Waals surface area contributed by atoms with Gasteiger partial charge in [0, 0.05) is 13.2 Å². The van der Waals surface area contributed by atoms with Gasteiger partial charge in [-0.3, -0.25) is 4.79 Å². The minimum atomic E-state index is -3.92. The minimum Gasteiger partial charge on any atom is -0.480 e. The fourth-order valence-electron chi connectivity index (χ4n) is 2.86. The number of hydrogen-bond acceptors (Lipinski definition) is 4. The molecular weight excluding hydrogens is 306 g/mol. The molecule has 0 unspecified atom stereocenters. The molecule has 1 aliphatic carbocycles. The quantitative estimate of drug-likeness (QED) is 0.822. The third-order valence-electron chi connectivity index (χ3n) is 4.25. The summed E-state index contributed by atoms with van der Waals surface area (Å²) >= 11 is 0. The van der Waals surface area contributed by atoms with Crippen molar-refractivity contribution in [3.8, 4) is 0 Å². The molecule has 1 saturated carbocycles. The van der Waals surface area contributed by atoms with Gasteiger partial charge in [0.15, 0.2) is 5.03 Å². The second-order valence-corrected chi connectivity index (χ2v) is 7.65. The van der Waals surface area contributed by atoms with Crippen molar-refractivity contribution >= 4 is 16.0 Å². The molecule has 0 bridgehead atoms. The standard InChI is InChI=1S/C14H23N3O4S/c1-10-15-13(9-17(10)2)22(20,21)16-12(14(18)19)8-11-6-4-3-5-7-11/h9,11-12,16H,3-8H2,1-2H3,(H,18,19)/t12-/m1/s1. The van der Waals surface area contributed by atoms with Crippen molar-refractivity contribution in [3.05, 3.63) is 12.0 Å². The average Bonchev–Trinajstić information content (AvgIpc) is 2.80. The second kappa shape index (κ2) is 6.78. The fraction of sp³-hybridized carbons (Fsp3) is 0.714. The van der Waals surface area contributed by atoms with Gasteiger partial charge in [0.1, 0.15) is 11.9 Å². The van der Waals surface area contributed by atoms with E-state index in [1.807, 2.05) is 0 Å². The van der Waals surface area contributed by atoms with E-state index in [9.17, 15) is 18.3 Å². The van der Waals surface area contributed by atoms with Crippen LogP contribution in [0.5, 0.6) is 0 Å². The monoisotopic (exact) mass is 329 g/mol. The average molecular weight is 329 g/mol. The summed E-state index contributed by atoms with van der Waals surface area (Å²) in [5.41, 5.74) is 0. The molecule has 1 heterocycles. The highest BCUT2D eigenvalue weighted by Crippen LogP contribution is 2.27. The third-order valence-corrected chi connectivity index (χ3v) is 5.59. The van der Waals surface area contributed by atoms with Crippen LogP contribution in [0.4, 0.5) is 0 Å². The smallest absolute Gasteiger partial charge is 0.321 e. The molecule has 1 atom stereocenters. The number of aliphatic carboxylic acids is 1. The molecule has 0 amide bonds. The molecular formula is C14H23N3O4S. The van der Waals surface area contributed by atoms with Gasteiger partial charge >= 0.3 is 5.97 Å². The molecule has 22 heavy (non-hydrogen) atoms. The SMILES string of the molecule is Cc1nc(S(=O)(=O)N[C@H](CC2CCCCC2)C(=O)O)cn1C. The Morgan fingerprint density at radius 3 is 2.59 bits per heavy atom. The lowest BCUT2D eigenvalue weighted by atomic mass is 9.85. The Hall–Kier alpha value is -1.41. The summed E-state index contributed by atoms with van der Waals surface area (Å²) in [5, 5.41) is 9.18. The number of nitrogens with zero attached hydrogens (tertiary/aromatic N) is 2. The van der Waals surface area contributed by atoms with Crippen LogP contribution in [0.2, 0.25) is 0 Å². The number of aryl methyl sites for hydroxylation is 2. The lowest BCUT2D eigenvalue weighted by molar-refractivity contribution is -0.139. The molecule has 1 fully saturated rings. The Bertz CT molecular complexity index is 613. The van der Waals surface area contributed by atoms with Gasteiger partial charge in [-0.05, 0) is 19.3 Å². The van der Waals surface area contributed by atoms with Crippen LogP contribution >= 0.6 is 0 Å². The topological polar surface area (TPSA) is 101 Å². The van der Waals surface area contributed by atoms with E-state index in [4.69, 9.17) is 0 Å². The molecule has 2 N–H and O–H groups in total. The van der Waals surface area contributed by atoms with Crippen molar-refractivity contribution < 1.29 is 18.3 Å². The first-order valence-electron chi connectivity index (χ1n) is 7.54. The first-order chi connectivity index (χ1) is 10.3. The molecule has 2 rings (SSSR count). The molecule has 1 aromatic rings. The van der Waals surface area contributed by atoms with E-state index in [0.29, 0.717) is 12.2 Å². The number of carboxylic acids is 1. The maximum atomic E-state index is 12.3. The van der Waals surface area contributed by atoms with Gasteiger partial charge in [0.2, 0.25) is 0 Å². The van der Waals surface area contributed by atoms with Gasteiger partial charge in [-0.15, -0.1) is 0 Å². The van der Waals surface area contributed by atoms with E-state index in [2.05, 4.69) is 9.71 Å². The molecule has 8 heteroatoms. The van der Waals surface area contributed by atoms with E-state index in [0.717, 1.165) is 25.7 Å². The van der Waals surface area contributed by atoms with Gasteiger partial charge in [-0.2, -0.15) is 4.72 Å². The first-order valence-corrected chi connectivity index (χ1v) is 9.03. The van der Waals surface area contributed by atoms with Crippen LogP contribution in [0.25, 0.3) is 0 Å². The van der Waals surface area contributed by atoms with Gasteiger partial charge in [-0.1, -0.05) is 32.1 Å². The Balaban J connectivity index is 2.10. The van der Waals surface area contributed by atoms with E-state index in [-0.39, 0.29) is 10.9 Å². The number of rotatable bonds is 6. The summed E-state index contributed by atoms with van der Waals surface area (Å²) in [5.74, 6) is -0.315. The van der Waals surface area contributed by atoms with Crippen molar-refractivity contribution in [2.45, 2.75) is 56.5 Å². The maximum absolute atomic E-state index is 12.3. The predicted octanol–water partition coefficient (Wildman–Crippen LogP) is 1.43.